The maximum atomic E-state index is 14.1. The Morgan fingerprint density at radius 1 is 1.24 bits per heavy atom. The van der Waals surface area contributed by atoms with Crippen LogP contribution in [0, 0.1) is 10.7 Å². The van der Waals surface area contributed by atoms with Gasteiger partial charge in [0.25, 0.3) is 0 Å². The van der Waals surface area contributed by atoms with Gasteiger partial charge in [0, 0.05) is 16.3 Å². The van der Waals surface area contributed by atoms with E-state index in [9.17, 15) is 14.1 Å². The third-order valence-electron chi connectivity index (χ3n) is 3.84. The summed E-state index contributed by atoms with van der Waals surface area (Å²) in [5, 5.41) is 4.32. The average molecular weight is 294 g/mol. The number of hydrogen-bond acceptors (Lipinski definition) is 4. The Labute approximate surface area is 122 Å². The van der Waals surface area contributed by atoms with E-state index in [4.69, 9.17) is 9.31 Å². The fourth-order valence-corrected chi connectivity index (χ4v) is 1.91. The molecule has 8 heteroatoms. The number of carbonyl (C=O) groups is 1. The van der Waals surface area contributed by atoms with E-state index in [-0.39, 0.29) is 11.2 Å². The zero-order valence-corrected chi connectivity index (χ0v) is 12.3. The molecule has 0 bridgehead atoms. The van der Waals surface area contributed by atoms with Gasteiger partial charge >= 0.3 is 13.1 Å². The van der Waals surface area contributed by atoms with Gasteiger partial charge in [-0.2, -0.15) is 0 Å². The summed E-state index contributed by atoms with van der Waals surface area (Å²) in [5.41, 5.74) is -0.778. The number of urea groups is 1. The number of hydrogen-bond donors (Lipinski definition) is 1. The lowest BCUT2D eigenvalue weighted by atomic mass is 9.78. The number of carbonyl (C=O) groups excluding carboxylic acids is 1. The van der Waals surface area contributed by atoms with E-state index in [1.165, 1.54) is 12.1 Å². The van der Waals surface area contributed by atoms with Crippen LogP contribution in [0.15, 0.2) is 23.4 Å². The van der Waals surface area contributed by atoms with E-state index in [0.717, 1.165) is 6.07 Å². The maximum absolute atomic E-state index is 14.1. The second-order valence-corrected chi connectivity index (χ2v) is 5.85. The molecule has 1 fully saturated rings. The molecule has 0 saturated carbocycles. The van der Waals surface area contributed by atoms with Crippen molar-refractivity contribution in [3.05, 3.63) is 28.9 Å². The molecule has 6 nitrogen and oxygen atoms in total. The summed E-state index contributed by atoms with van der Waals surface area (Å²) in [6.07, 6.45) is 0. The quantitative estimate of drug-likeness (QED) is 0.671. The van der Waals surface area contributed by atoms with Crippen LogP contribution in [0.25, 0.3) is 0 Å². The molecule has 112 valence electrons. The lowest BCUT2D eigenvalue weighted by Crippen LogP contribution is -2.41. The van der Waals surface area contributed by atoms with Crippen molar-refractivity contribution in [2.24, 2.45) is 5.18 Å². The molecule has 0 aliphatic carbocycles. The molecule has 1 aromatic carbocycles. The Bertz CT molecular complexity index is 576. The normalized spacial score (nSPS) is 19.4. The summed E-state index contributed by atoms with van der Waals surface area (Å²) in [7, 11) is -0.830. The van der Waals surface area contributed by atoms with Gasteiger partial charge in [0.2, 0.25) is 0 Å². The largest absolute Gasteiger partial charge is 0.497 e. The second-order valence-electron chi connectivity index (χ2n) is 5.85. The Hall–Kier alpha value is -1.80. The van der Waals surface area contributed by atoms with Gasteiger partial charge in [-0.1, -0.05) is 6.07 Å². The van der Waals surface area contributed by atoms with E-state index in [1.807, 2.05) is 27.7 Å². The van der Waals surface area contributed by atoms with Crippen LogP contribution < -0.4 is 10.8 Å². The van der Waals surface area contributed by atoms with Crippen molar-refractivity contribution in [3.8, 4) is 0 Å². The minimum Gasteiger partial charge on any atom is -0.399 e. The van der Waals surface area contributed by atoms with Crippen LogP contribution in [0.2, 0.25) is 0 Å². The molecule has 1 aliphatic rings. The van der Waals surface area contributed by atoms with Gasteiger partial charge in [-0.05, 0) is 39.8 Å². The third-order valence-corrected chi connectivity index (χ3v) is 3.84. The molecule has 2 rings (SSSR count). The molecule has 1 N–H and O–H groups in total. The van der Waals surface area contributed by atoms with Crippen molar-refractivity contribution in [3.63, 3.8) is 0 Å². The summed E-state index contributed by atoms with van der Waals surface area (Å²) < 4.78 is 25.6. The SMILES string of the molecule is CC1(C)OB(c2ccc(NC(=O)N=O)cc2F)OC1(C)C. The molecule has 1 aromatic rings. The summed E-state index contributed by atoms with van der Waals surface area (Å²) >= 11 is 0. The van der Waals surface area contributed by atoms with Crippen LogP contribution in [0.4, 0.5) is 14.9 Å². The molecule has 1 saturated heterocycles. The number of benzene rings is 1. The van der Waals surface area contributed by atoms with Gasteiger partial charge < -0.3 is 14.6 Å². The summed E-state index contributed by atoms with van der Waals surface area (Å²) in [4.78, 5) is 20.9. The Kier molecular flexibility index (Phi) is 3.86. The van der Waals surface area contributed by atoms with Crippen molar-refractivity contribution in [2.75, 3.05) is 5.32 Å². The highest BCUT2D eigenvalue weighted by atomic mass is 19.1. The molecule has 1 heterocycles. The Morgan fingerprint density at radius 3 is 2.29 bits per heavy atom. The number of nitrogens with one attached hydrogen (secondary N) is 1. The first-order chi connectivity index (χ1) is 9.66. The molecule has 21 heavy (non-hydrogen) atoms. The van der Waals surface area contributed by atoms with Crippen LogP contribution >= 0.6 is 0 Å². The second kappa shape index (κ2) is 5.20. The van der Waals surface area contributed by atoms with E-state index in [2.05, 4.69) is 10.5 Å². The van der Waals surface area contributed by atoms with Crippen molar-refractivity contribution in [2.45, 2.75) is 38.9 Å². The number of nitrogens with zero attached hydrogens (tertiary/aromatic N) is 1. The zero-order valence-electron chi connectivity index (χ0n) is 12.3. The van der Waals surface area contributed by atoms with Crippen LogP contribution in [-0.4, -0.2) is 24.4 Å². The predicted octanol–water partition coefficient (Wildman–Crippen LogP) is 2.42. The lowest BCUT2D eigenvalue weighted by Gasteiger charge is -2.32. The van der Waals surface area contributed by atoms with Crippen molar-refractivity contribution in [1.82, 2.24) is 0 Å². The lowest BCUT2D eigenvalue weighted by molar-refractivity contribution is 0.00578. The highest BCUT2D eigenvalue weighted by Crippen LogP contribution is 2.36. The van der Waals surface area contributed by atoms with E-state index < -0.39 is 30.2 Å². The maximum Gasteiger partial charge on any atom is 0.497 e. The summed E-state index contributed by atoms with van der Waals surface area (Å²) in [6.45, 7) is 7.48. The van der Waals surface area contributed by atoms with E-state index in [0.29, 0.717) is 0 Å². The molecule has 0 unspecified atom stereocenters. The summed E-state index contributed by atoms with van der Waals surface area (Å²) in [5.74, 6) is -0.600. The fourth-order valence-electron chi connectivity index (χ4n) is 1.91. The molecule has 0 spiro atoms. The average Bonchev–Trinajstić information content (AvgIpc) is 2.58. The van der Waals surface area contributed by atoms with Crippen LogP contribution in [0.5, 0.6) is 0 Å². The minimum atomic E-state index is -1.09. The summed E-state index contributed by atoms with van der Waals surface area (Å²) in [6, 6.07) is 2.89. The standard InChI is InChI=1S/C13H16BFN2O4/c1-12(2)13(3,4)21-14(20-12)9-6-5-8(7-10(9)15)16-11(18)17-19/h5-7H,1-4H3,(H,16,18). The molecule has 1 aliphatic heterocycles. The fraction of sp³-hybridized carbons (Fsp3) is 0.462. The number of rotatable bonds is 2. The number of amides is 2. The van der Waals surface area contributed by atoms with Crippen molar-refractivity contribution < 1.29 is 18.5 Å². The van der Waals surface area contributed by atoms with Gasteiger partial charge in [-0.25, -0.2) is 9.18 Å². The molecule has 0 radical (unpaired) electrons. The monoisotopic (exact) mass is 294 g/mol. The molecule has 0 atom stereocenters. The van der Waals surface area contributed by atoms with Gasteiger partial charge in [-0.3, -0.25) is 0 Å². The number of halogens is 1. The Morgan fingerprint density at radius 2 is 1.81 bits per heavy atom. The minimum absolute atomic E-state index is 0.136. The number of nitroso groups, excluding NO2 is 1. The van der Waals surface area contributed by atoms with Crippen LogP contribution in [-0.2, 0) is 9.31 Å². The predicted molar refractivity (Wildman–Crippen MR) is 76.9 cm³/mol. The van der Waals surface area contributed by atoms with Gasteiger partial charge in [0.1, 0.15) is 5.82 Å². The van der Waals surface area contributed by atoms with Gasteiger partial charge in [0.15, 0.2) is 0 Å². The highest BCUT2D eigenvalue weighted by molar-refractivity contribution is 6.62. The number of anilines is 1. The smallest absolute Gasteiger partial charge is 0.399 e. The topological polar surface area (TPSA) is 77.0 Å². The first kappa shape index (κ1) is 15.6. The van der Waals surface area contributed by atoms with Gasteiger partial charge in [-0.15, -0.1) is 4.91 Å². The molecular weight excluding hydrogens is 278 g/mol. The highest BCUT2D eigenvalue weighted by Gasteiger charge is 2.52. The molecule has 2 amide bonds. The van der Waals surface area contributed by atoms with Crippen LogP contribution in [0.3, 0.4) is 0 Å². The van der Waals surface area contributed by atoms with Gasteiger partial charge in [0.05, 0.1) is 11.2 Å². The van der Waals surface area contributed by atoms with E-state index in [1.54, 1.807) is 0 Å². The first-order valence-corrected chi connectivity index (χ1v) is 6.46. The first-order valence-electron chi connectivity index (χ1n) is 6.46. The molecular formula is C13H16BFN2O4. The molecule has 0 aromatic heterocycles. The van der Waals surface area contributed by atoms with Crippen molar-refractivity contribution >= 4 is 24.3 Å². The van der Waals surface area contributed by atoms with Crippen molar-refractivity contribution in [1.29, 1.82) is 0 Å². The zero-order chi connectivity index (χ0) is 15.8. The third kappa shape index (κ3) is 2.96. The Balaban J connectivity index is 2.23. The van der Waals surface area contributed by atoms with E-state index >= 15 is 0 Å². The van der Waals surface area contributed by atoms with Crippen LogP contribution in [0.1, 0.15) is 27.7 Å².